The van der Waals surface area contributed by atoms with E-state index in [9.17, 15) is 5.21 Å². The van der Waals surface area contributed by atoms with Crippen molar-refractivity contribution >= 4 is 0 Å². The Kier molecular flexibility index (Phi) is 4.76. The Hall–Kier alpha value is -0.240. The van der Waals surface area contributed by atoms with Gasteiger partial charge in [-0.15, -0.1) is 0 Å². The van der Waals surface area contributed by atoms with Gasteiger partial charge in [-0.2, -0.15) is 4.84 Å². The van der Waals surface area contributed by atoms with Gasteiger partial charge in [-0.25, -0.2) is 0 Å². The lowest BCUT2D eigenvalue weighted by atomic mass is 11.7. The van der Waals surface area contributed by atoms with E-state index in [1.165, 1.54) is 14.2 Å². The Bertz CT molecular complexity index is 51.3. The highest BCUT2D eigenvalue weighted by Gasteiger charge is 1.89. The SMILES string of the molecule is CONO[NH+]([O-])OC. The van der Waals surface area contributed by atoms with E-state index < -0.39 is 5.39 Å². The van der Waals surface area contributed by atoms with Gasteiger partial charge in [0.1, 0.15) is 0 Å². The minimum absolute atomic E-state index is 0.841. The van der Waals surface area contributed by atoms with Crippen LogP contribution >= 0.6 is 0 Å². The molecule has 0 aliphatic carbocycles. The van der Waals surface area contributed by atoms with Crippen molar-refractivity contribution in [3.8, 4) is 0 Å². The number of quaternary nitrogens is 1. The average Bonchev–Trinajstić information content (AvgIpc) is 1.83. The molecule has 0 saturated heterocycles. The van der Waals surface area contributed by atoms with Gasteiger partial charge in [-0.05, 0) is 10.6 Å². The Morgan fingerprint density at radius 2 is 2.12 bits per heavy atom. The fraction of sp³-hybridized carbons (Fsp3) is 1.00. The van der Waals surface area contributed by atoms with E-state index in [4.69, 9.17) is 0 Å². The van der Waals surface area contributed by atoms with Gasteiger partial charge in [0.2, 0.25) is 0 Å². The predicted molar refractivity (Wildman–Crippen MR) is 22.6 cm³/mol. The second-order valence-corrected chi connectivity index (χ2v) is 0.844. The van der Waals surface area contributed by atoms with Crippen LogP contribution in [0.3, 0.4) is 0 Å². The van der Waals surface area contributed by atoms with Crippen LogP contribution in [0.2, 0.25) is 0 Å². The Balaban J connectivity index is 2.86. The molecule has 0 rings (SSSR count). The van der Waals surface area contributed by atoms with E-state index in [2.05, 4.69) is 14.6 Å². The minimum Gasteiger partial charge on any atom is -0.564 e. The second-order valence-electron chi connectivity index (χ2n) is 0.844. The van der Waals surface area contributed by atoms with Gasteiger partial charge >= 0.3 is 0 Å². The maximum atomic E-state index is 9.98. The van der Waals surface area contributed by atoms with E-state index in [0.717, 1.165) is 0 Å². The molecule has 6 nitrogen and oxygen atoms in total. The normalized spacial score (nSPS) is 13.9. The lowest BCUT2D eigenvalue weighted by Crippen LogP contribution is -3.06. The third-order valence-electron chi connectivity index (χ3n) is 0.375. The molecule has 2 N–H and O–H groups in total. The van der Waals surface area contributed by atoms with Crippen LogP contribution in [0.25, 0.3) is 0 Å². The van der Waals surface area contributed by atoms with E-state index in [-0.39, 0.29) is 0 Å². The van der Waals surface area contributed by atoms with Crippen LogP contribution in [0.1, 0.15) is 0 Å². The molecular formula is C2H8N2O4. The minimum atomic E-state index is -0.841. The smallest absolute Gasteiger partial charge is 0.1000 e. The summed E-state index contributed by atoms with van der Waals surface area (Å²) in [5.74, 6) is 0. The van der Waals surface area contributed by atoms with Crippen LogP contribution in [0.5, 0.6) is 0 Å². The molecule has 0 aromatic rings. The highest BCUT2D eigenvalue weighted by atomic mass is 17.2. The molecule has 8 heavy (non-hydrogen) atoms. The summed E-state index contributed by atoms with van der Waals surface area (Å²) in [5.41, 5.74) is 1.82. The molecule has 0 spiro atoms. The Morgan fingerprint density at radius 1 is 1.50 bits per heavy atom. The molecule has 0 aromatic carbocycles. The maximum Gasteiger partial charge on any atom is 0.1000 e. The first kappa shape index (κ1) is 7.76. The third-order valence-corrected chi connectivity index (χ3v) is 0.375. The van der Waals surface area contributed by atoms with E-state index in [1.54, 1.807) is 0 Å². The lowest BCUT2D eigenvalue weighted by Gasteiger charge is -2.12. The van der Waals surface area contributed by atoms with Crippen LogP contribution in [0.15, 0.2) is 0 Å². The van der Waals surface area contributed by atoms with Gasteiger partial charge in [0.25, 0.3) is 0 Å². The van der Waals surface area contributed by atoms with Crippen molar-refractivity contribution < 1.29 is 20.0 Å². The number of hydrogen-bond acceptors (Lipinski definition) is 5. The van der Waals surface area contributed by atoms with Gasteiger partial charge in [0, 0.05) is 0 Å². The van der Waals surface area contributed by atoms with Gasteiger partial charge in [-0.1, -0.05) is 5.39 Å². The largest absolute Gasteiger partial charge is 0.564 e. The van der Waals surface area contributed by atoms with E-state index in [0.29, 0.717) is 0 Å². The zero-order chi connectivity index (χ0) is 6.41. The summed E-state index contributed by atoms with van der Waals surface area (Å²) >= 11 is 0. The highest BCUT2D eigenvalue weighted by Crippen LogP contribution is 1.46. The van der Waals surface area contributed by atoms with Crippen LogP contribution in [0.4, 0.5) is 0 Å². The van der Waals surface area contributed by atoms with Crippen molar-refractivity contribution in [2.45, 2.75) is 0 Å². The maximum absolute atomic E-state index is 9.98. The summed E-state index contributed by atoms with van der Waals surface area (Å²) in [6.45, 7) is 0. The monoisotopic (exact) mass is 124 g/mol. The molecule has 50 valence electrons. The van der Waals surface area contributed by atoms with Crippen molar-refractivity contribution in [3.63, 3.8) is 0 Å². The van der Waals surface area contributed by atoms with Gasteiger partial charge in [-0.3, -0.25) is 4.84 Å². The standard InChI is InChI=1S/C2H8N2O4/c1-6-3-8-4(5)7-2/h3-4H,1-2H3. The number of hydrogen-bond donors (Lipinski definition) is 2. The molecule has 0 heterocycles. The molecule has 0 saturated carbocycles. The van der Waals surface area contributed by atoms with E-state index in [1.807, 2.05) is 5.64 Å². The molecule has 0 fully saturated rings. The average molecular weight is 124 g/mol. The van der Waals surface area contributed by atoms with Crippen LogP contribution < -0.4 is 11.0 Å². The first-order chi connectivity index (χ1) is 3.81. The zero-order valence-electron chi connectivity index (χ0n) is 4.63. The fourth-order valence-corrected chi connectivity index (χ4v) is 0.117. The van der Waals surface area contributed by atoms with Crippen molar-refractivity contribution in [1.29, 1.82) is 0 Å². The summed E-state index contributed by atoms with van der Waals surface area (Å²) in [7, 11) is 2.50. The van der Waals surface area contributed by atoms with Crippen LogP contribution in [-0.4, -0.2) is 14.2 Å². The van der Waals surface area contributed by atoms with Crippen LogP contribution in [0, 0.1) is 5.21 Å². The summed E-state index contributed by atoms with van der Waals surface area (Å²) in [4.78, 5) is 12.2. The molecule has 0 aliphatic heterocycles. The van der Waals surface area contributed by atoms with Crippen molar-refractivity contribution in [2.24, 2.45) is 0 Å². The molecule has 1 unspecified atom stereocenters. The second kappa shape index (κ2) is 4.91. The molecule has 0 aliphatic rings. The third kappa shape index (κ3) is 3.93. The summed E-state index contributed by atoms with van der Waals surface area (Å²) in [6.07, 6.45) is 0. The molecule has 6 heteroatoms. The summed E-state index contributed by atoms with van der Waals surface area (Å²) in [5, 5.41) is 9.14. The van der Waals surface area contributed by atoms with Gasteiger partial charge in [0.05, 0.1) is 14.2 Å². The van der Waals surface area contributed by atoms with E-state index >= 15 is 0 Å². The van der Waals surface area contributed by atoms with Gasteiger partial charge < -0.3 is 5.21 Å². The fourth-order valence-electron chi connectivity index (χ4n) is 0.117. The summed E-state index contributed by atoms with van der Waals surface area (Å²) in [6, 6.07) is 0. The molecule has 0 radical (unpaired) electrons. The van der Waals surface area contributed by atoms with Crippen LogP contribution in [-0.2, 0) is 14.6 Å². The topological polar surface area (TPSA) is 67.2 Å². The quantitative estimate of drug-likeness (QED) is 0.421. The molecule has 0 bridgehead atoms. The van der Waals surface area contributed by atoms with Gasteiger partial charge in [0.15, 0.2) is 0 Å². The Labute approximate surface area is 46.3 Å². The lowest BCUT2D eigenvalue weighted by molar-refractivity contribution is -1.22. The molecular weight excluding hydrogens is 116 g/mol. The predicted octanol–water partition coefficient (Wildman–Crippen LogP) is -2.07. The molecule has 0 aromatic heterocycles. The summed E-state index contributed by atoms with van der Waals surface area (Å²) < 4.78 is 0. The molecule has 1 atom stereocenters. The Morgan fingerprint density at radius 3 is 2.50 bits per heavy atom. The number of rotatable bonds is 4. The number of nitrogens with one attached hydrogen (secondary N) is 2. The van der Waals surface area contributed by atoms with Crippen molar-refractivity contribution in [3.05, 3.63) is 5.21 Å². The highest BCUT2D eigenvalue weighted by molar-refractivity contribution is 3.76. The first-order valence-corrected chi connectivity index (χ1v) is 1.84. The van der Waals surface area contributed by atoms with Crippen molar-refractivity contribution in [1.82, 2.24) is 5.64 Å². The molecule has 0 amide bonds. The first-order valence-electron chi connectivity index (χ1n) is 1.84. The zero-order valence-corrected chi connectivity index (χ0v) is 4.63. The van der Waals surface area contributed by atoms with Crippen molar-refractivity contribution in [2.75, 3.05) is 14.2 Å².